The average Bonchev–Trinajstić information content (AvgIpc) is 2.85. The van der Waals surface area contributed by atoms with E-state index in [9.17, 15) is 4.39 Å². The Morgan fingerprint density at radius 3 is 2.46 bits per heavy atom. The van der Waals surface area contributed by atoms with Gasteiger partial charge in [-0.05, 0) is 76.7 Å². The third-order valence-corrected chi connectivity index (χ3v) is 6.14. The van der Waals surface area contributed by atoms with E-state index in [1.807, 2.05) is 32.9 Å². The smallest absolute Gasteiger partial charge is 0.149 e. The molecule has 0 N–H and O–H groups in total. The van der Waals surface area contributed by atoms with Crippen LogP contribution >= 0.6 is 0 Å². The summed E-state index contributed by atoms with van der Waals surface area (Å²) in [4.78, 5) is 2.48. The van der Waals surface area contributed by atoms with Gasteiger partial charge in [-0.3, -0.25) is 4.90 Å². The largest absolute Gasteiger partial charge is 0.299 e. The van der Waals surface area contributed by atoms with Crippen molar-refractivity contribution in [1.82, 2.24) is 14.7 Å². The summed E-state index contributed by atoms with van der Waals surface area (Å²) in [5, 5.41) is 4.63. The number of halogens is 1. The van der Waals surface area contributed by atoms with E-state index in [1.165, 1.54) is 11.1 Å². The van der Waals surface area contributed by atoms with Gasteiger partial charge in [0.05, 0.1) is 5.69 Å². The second-order valence-electron chi connectivity index (χ2n) is 8.13. The number of hydrogen-bond donors (Lipinski definition) is 0. The van der Waals surface area contributed by atoms with Gasteiger partial charge in [0.2, 0.25) is 0 Å². The van der Waals surface area contributed by atoms with E-state index in [0.717, 1.165) is 49.4 Å². The Bertz CT molecular complexity index is 826. The Hall–Kier alpha value is -1.94. The number of likely N-dealkylation sites (tertiary alicyclic amines) is 1. The van der Waals surface area contributed by atoms with Crippen molar-refractivity contribution < 1.29 is 4.39 Å². The highest BCUT2D eigenvalue weighted by Crippen LogP contribution is 2.37. The van der Waals surface area contributed by atoms with Crippen LogP contribution in [-0.4, -0.2) is 27.8 Å². The normalized spacial score (nSPS) is 17.5. The molecule has 1 aromatic carbocycles. The van der Waals surface area contributed by atoms with Crippen LogP contribution in [0, 0.1) is 32.0 Å². The van der Waals surface area contributed by atoms with E-state index in [2.05, 4.69) is 30.4 Å². The van der Waals surface area contributed by atoms with Crippen LogP contribution in [0.3, 0.4) is 0 Å². The molecule has 1 fully saturated rings. The number of piperidine rings is 1. The fourth-order valence-corrected chi connectivity index (χ4v) is 3.78. The van der Waals surface area contributed by atoms with Gasteiger partial charge in [-0.2, -0.15) is 5.10 Å². The molecule has 0 radical (unpaired) electrons. The summed E-state index contributed by atoms with van der Waals surface area (Å²) in [5.74, 6) is -0.225. The fraction of sp³-hybridized carbons (Fsp3) is 0.500. The van der Waals surface area contributed by atoms with Gasteiger partial charge in [0, 0.05) is 17.8 Å². The molecule has 2 heterocycles. The summed E-state index contributed by atoms with van der Waals surface area (Å²) in [7, 11) is 0. The predicted octanol–water partition coefficient (Wildman–Crippen LogP) is 5.11. The molecule has 4 heteroatoms. The van der Waals surface area contributed by atoms with E-state index in [4.69, 9.17) is 0 Å². The van der Waals surface area contributed by atoms with Crippen LogP contribution in [0.4, 0.5) is 4.39 Å². The molecule has 0 aliphatic carbocycles. The van der Waals surface area contributed by atoms with E-state index in [0.29, 0.717) is 5.69 Å². The summed E-state index contributed by atoms with van der Waals surface area (Å²) < 4.78 is 16.1. The maximum absolute atomic E-state index is 14.4. The molecule has 140 valence electrons. The van der Waals surface area contributed by atoms with Crippen molar-refractivity contribution in [3.05, 3.63) is 58.7 Å². The van der Waals surface area contributed by atoms with E-state index < -0.39 is 0 Å². The van der Waals surface area contributed by atoms with Crippen LogP contribution in [0.15, 0.2) is 30.4 Å². The SMILES string of the molecule is C=C(C)C1(C)CCN(Cc2c(C)nn(-c3ccc(C)cc3F)c2C)CC1. The minimum absolute atomic E-state index is 0.225. The summed E-state index contributed by atoms with van der Waals surface area (Å²) in [6, 6.07) is 5.30. The third-order valence-electron chi connectivity index (χ3n) is 6.14. The molecule has 2 aromatic rings. The van der Waals surface area contributed by atoms with E-state index >= 15 is 0 Å². The molecule has 1 saturated heterocycles. The van der Waals surface area contributed by atoms with Crippen molar-refractivity contribution in [1.29, 1.82) is 0 Å². The molecule has 3 rings (SSSR count). The molecule has 0 amide bonds. The lowest BCUT2D eigenvalue weighted by molar-refractivity contribution is 0.138. The molecular formula is C22H30FN3. The van der Waals surface area contributed by atoms with Crippen LogP contribution in [0.2, 0.25) is 0 Å². The minimum atomic E-state index is -0.225. The zero-order valence-corrected chi connectivity index (χ0v) is 16.7. The lowest BCUT2D eigenvalue weighted by atomic mass is 9.75. The van der Waals surface area contributed by atoms with Crippen LogP contribution < -0.4 is 0 Å². The maximum Gasteiger partial charge on any atom is 0.149 e. The monoisotopic (exact) mass is 355 g/mol. The van der Waals surface area contributed by atoms with Crippen LogP contribution in [-0.2, 0) is 6.54 Å². The maximum atomic E-state index is 14.4. The van der Waals surface area contributed by atoms with Gasteiger partial charge in [0.1, 0.15) is 11.5 Å². The van der Waals surface area contributed by atoms with Gasteiger partial charge in [-0.25, -0.2) is 9.07 Å². The van der Waals surface area contributed by atoms with Gasteiger partial charge >= 0.3 is 0 Å². The van der Waals surface area contributed by atoms with E-state index in [1.54, 1.807) is 10.7 Å². The third kappa shape index (κ3) is 3.48. The first kappa shape index (κ1) is 18.8. The number of benzene rings is 1. The Morgan fingerprint density at radius 1 is 1.23 bits per heavy atom. The number of hydrogen-bond acceptors (Lipinski definition) is 2. The van der Waals surface area contributed by atoms with Gasteiger partial charge in [0.15, 0.2) is 0 Å². The van der Waals surface area contributed by atoms with Crippen molar-refractivity contribution in [2.45, 2.75) is 54.0 Å². The zero-order valence-electron chi connectivity index (χ0n) is 16.7. The Labute approximate surface area is 156 Å². The van der Waals surface area contributed by atoms with Crippen molar-refractivity contribution in [2.75, 3.05) is 13.1 Å². The van der Waals surface area contributed by atoms with Gasteiger partial charge in [-0.15, -0.1) is 0 Å². The first-order valence-corrected chi connectivity index (χ1v) is 9.41. The van der Waals surface area contributed by atoms with Crippen molar-refractivity contribution in [2.24, 2.45) is 5.41 Å². The molecule has 0 unspecified atom stereocenters. The van der Waals surface area contributed by atoms with Crippen molar-refractivity contribution in [3.8, 4) is 5.69 Å². The molecule has 1 aliphatic rings. The summed E-state index contributed by atoms with van der Waals surface area (Å²) in [5.41, 5.74) is 6.21. The van der Waals surface area contributed by atoms with Gasteiger partial charge in [-0.1, -0.05) is 25.1 Å². The highest BCUT2D eigenvalue weighted by Gasteiger charge is 2.31. The Kier molecular flexibility index (Phi) is 5.07. The zero-order chi connectivity index (χ0) is 19.1. The molecule has 0 atom stereocenters. The molecule has 26 heavy (non-hydrogen) atoms. The second-order valence-corrected chi connectivity index (χ2v) is 8.13. The fourth-order valence-electron chi connectivity index (χ4n) is 3.78. The molecular weight excluding hydrogens is 325 g/mol. The molecule has 0 spiro atoms. The van der Waals surface area contributed by atoms with Crippen LogP contribution in [0.5, 0.6) is 0 Å². The van der Waals surface area contributed by atoms with Gasteiger partial charge < -0.3 is 0 Å². The standard InChI is InChI=1S/C22H30FN3/c1-15(2)22(6)9-11-25(12-10-22)14-19-17(4)24-26(18(19)5)21-8-7-16(3)13-20(21)23/h7-8,13H,1,9-12,14H2,2-6H3. The molecule has 0 saturated carbocycles. The molecule has 1 aromatic heterocycles. The average molecular weight is 356 g/mol. The number of aryl methyl sites for hydroxylation is 2. The quantitative estimate of drug-likeness (QED) is 0.710. The number of allylic oxidation sites excluding steroid dienone is 1. The van der Waals surface area contributed by atoms with Crippen LogP contribution in [0.1, 0.15) is 49.2 Å². The minimum Gasteiger partial charge on any atom is -0.299 e. The van der Waals surface area contributed by atoms with Crippen molar-refractivity contribution >= 4 is 0 Å². The van der Waals surface area contributed by atoms with E-state index in [-0.39, 0.29) is 11.2 Å². The molecule has 0 bridgehead atoms. The highest BCUT2D eigenvalue weighted by atomic mass is 19.1. The summed E-state index contributed by atoms with van der Waals surface area (Å²) >= 11 is 0. The molecule has 3 nitrogen and oxygen atoms in total. The lowest BCUT2D eigenvalue weighted by Crippen LogP contribution is -2.38. The first-order valence-electron chi connectivity index (χ1n) is 9.41. The Balaban J connectivity index is 1.80. The highest BCUT2D eigenvalue weighted by molar-refractivity contribution is 5.40. The number of nitrogens with zero attached hydrogens (tertiary/aromatic N) is 3. The summed E-state index contributed by atoms with van der Waals surface area (Å²) in [6.45, 7) is 17.6. The van der Waals surface area contributed by atoms with Gasteiger partial charge in [0.25, 0.3) is 0 Å². The number of rotatable bonds is 4. The topological polar surface area (TPSA) is 21.1 Å². The predicted molar refractivity (Wildman–Crippen MR) is 105 cm³/mol. The Morgan fingerprint density at radius 2 is 1.88 bits per heavy atom. The lowest BCUT2D eigenvalue weighted by Gasteiger charge is -2.40. The number of aromatic nitrogens is 2. The second kappa shape index (κ2) is 6.99. The van der Waals surface area contributed by atoms with Crippen LogP contribution in [0.25, 0.3) is 5.69 Å². The first-order chi connectivity index (χ1) is 12.2. The van der Waals surface area contributed by atoms with Crippen molar-refractivity contribution in [3.63, 3.8) is 0 Å². The molecule has 1 aliphatic heterocycles. The summed E-state index contributed by atoms with van der Waals surface area (Å²) in [6.07, 6.45) is 2.28.